The monoisotopic (exact) mass is 261 g/mol. The first-order valence-corrected chi connectivity index (χ1v) is 6.46. The second-order valence-electron chi connectivity index (χ2n) is 4.15. The van der Waals surface area contributed by atoms with Crippen molar-refractivity contribution in [3.63, 3.8) is 0 Å². The Morgan fingerprint density at radius 3 is 2.76 bits per heavy atom. The molecule has 1 heterocycles. The molecule has 0 fully saturated rings. The van der Waals surface area contributed by atoms with Crippen LogP contribution in [0.5, 0.6) is 0 Å². The van der Waals surface area contributed by atoms with Crippen LogP contribution in [0.15, 0.2) is 23.1 Å². The van der Waals surface area contributed by atoms with Gasteiger partial charge in [0.2, 0.25) is 0 Å². The van der Waals surface area contributed by atoms with E-state index in [9.17, 15) is 13.2 Å². The van der Waals surface area contributed by atoms with Crippen molar-refractivity contribution in [3.8, 4) is 0 Å². The van der Waals surface area contributed by atoms with Crippen LogP contribution in [0.3, 0.4) is 0 Å². The fraction of sp³-hybridized carbons (Fsp3) is 0.500. The third kappa shape index (κ3) is 2.77. The van der Waals surface area contributed by atoms with E-state index in [-0.39, 0.29) is 5.25 Å². The average molecular weight is 261 g/mol. The van der Waals surface area contributed by atoms with Gasteiger partial charge < -0.3 is 5.73 Å². The molecule has 0 spiro atoms. The Labute approximate surface area is 103 Å². The summed E-state index contributed by atoms with van der Waals surface area (Å²) >= 11 is 1.55. The molecular weight excluding hydrogens is 247 g/mol. The van der Waals surface area contributed by atoms with Crippen molar-refractivity contribution in [3.05, 3.63) is 29.3 Å². The summed E-state index contributed by atoms with van der Waals surface area (Å²) in [6, 6.07) is 4.43. The highest BCUT2D eigenvalue weighted by molar-refractivity contribution is 8.00. The van der Waals surface area contributed by atoms with Gasteiger partial charge in [-0.25, -0.2) is 0 Å². The summed E-state index contributed by atoms with van der Waals surface area (Å²) in [5.41, 5.74) is 5.41. The molecule has 0 amide bonds. The van der Waals surface area contributed by atoms with Crippen molar-refractivity contribution < 1.29 is 13.2 Å². The predicted octanol–water partition coefficient (Wildman–Crippen LogP) is 3.46. The Hall–Kier alpha value is -0.680. The van der Waals surface area contributed by atoms with Crippen molar-refractivity contribution in [2.45, 2.75) is 35.6 Å². The van der Waals surface area contributed by atoms with E-state index >= 15 is 0 Å². The van der Waals surface area contributed by atoms with Gasteiger partial charge in [-0.2, -0.15) is 13.2 Å². The van der Waals surface area contributed by atoms with E-state index in [1.165, 1.54) is 12.1 Å². The summed E-state index contributed by atoms with van der Waals surface area (Å²) in [7, 11) is 0. The zero-order valence-corrected chi connectivity index (χ0v) is 10.1. The van der Waals surface area contributed by atoms with Gasteiger partial charge in [-0.15, -0.1) is 11.8 Å². The predicted molar refractivity (Wildman–Crippen MR) is 63.1 cm³/mol. The van der Waals surface area contributed by atoms with Crippen LogP contribution in [0, 0.1) is 0 Å². The summed E-state index contributed by atoms with van der Waals surface area (Å²) in [5, 5.41) is 0.247. The van der Waals surface area contributed by atoms with Crippen LogP contribution in [-0.2, 0) is 12.6 Å². The van der Waals surface area contributed by atoms with Gasteiger partial charge in [-0.1, -0.05) is 6.07 Å². The number of benzene rings is 1. The maximum atomic E-state index is 12.8. The molecule has 1 aromatic rings. The largest absolute Gasteiger partial charge is 0.416 e. The van der Waals surface area contributed by atoms with Crippen LogP contribution < -0.4 is 5.73 Å². The Morgan fingerprint density at radius 1 is 1.35 bits per heavy atom. The minimum absolute atomic E-state index is 0.247. The minimum Gasteiger partial charge on any atom is -0.330 e. The quantitative estimate of drug-likeness (QED) is 0.901. The molecule has 2 rings (SSSR count). The normalized spacial score (nSPS) is 19.4. The second-order valence-corrected chi connectivity index (χ2v) is 5.50. The third-order valence-electron chi connectivity index (χ3n) is 2.89. The molecule has 0 saturated heterocycles. The molecule has 1 aliphatic rings. The van der Waals surface area contributed by atoms with E-state index < -0.39 is 11.7 Å². The molecule has 1 atom stereocenters. The smallest absolute Gasteiger partial charge is 0.330 e. The van der Waals surface area contributed by atoms with E-state index in [0.29, 0.717) is 18.5 Å². The standard InChI is InChI=1S/C12H14F3NS/c13-12(14,15)10-4-1-5-11-9(10)7-8(17-11)3-2-6-16/h1,4-5,8H,2-3,6-7,16H2. The lowest BCUT2D eigenvalue weighted by Crippen LogP contribution is -2.11. The van der Waals surface area contributed by atoms with Gasteiger partial charge in [0.1, 0.15) is 0 Å². The molecule has 1 aliphatic heterocycles. The molecule has 0 radical (unpaired) electrons. The number of rotatable bonds is 3. The molecule has 1 nitrogen and oxygen atoms in total. The fourth-order valence-electron chi connectivity index (χ4n) is 2.11. The maximum Gasteiger partial charge on any atom is 0.416 e. The van der Waals surface area contributed by atoms with Crippen molar-refractivity contribution in [1.29, 1.82) is 0 Å². The number of hydrogen-bond acceptors (Lipinski definition) is 2. The number of halogens is 3. The highest BCUT2D eigenvalue weighted by Crippen LogP contribution is 2.44. The van der Waals surface area contributed by atoms with Crippen molar-refractivity contribution >= 4 is 11.8 Å². The molecule has 94 valence electrons. The highest BCUT2D eigenvalue weighted by Gasteiger charge is 2.37. The first-order valence-electron chi connectivity index (χ1n) is 5.58. The Morgan fingerprint density at radius 2 is 2.12 bits per heavy atom. The number of hydrogen-bond donors (Lipinski definition) is 1. The SMILES string of the molecule is NCCCC1Cc2c(cccc2C(F)(F)F)S1. The Bertz CT molecular complexity index is 403. The Balaban J connectivity index is 2.20. The first kappa shape index (κ1) is 12.8. The third-order valence-corrected chi connectivity index (χ3v) is 4.27. The number of fused-ring (bicyclic) bond motifs is 1. The average Bonchev–Trinajstić information content (AvgIpc) is 2.66. The lowest BCUT2D eigenvalue weighted by Gasteiger charge is -2.11. The summed E-state index contributed by atoms with van der Waals surface area (Å²) in [6.45, 7) is 0.597. The molecule has 0 aliphatic carbocycles. The molecule has 0 bridgehead atoms. The minimum atomic E-state index is -4.24. The van der Waals surface area contributed by atoms with Crippen LogP contribution in [0.25, 0.3) is 0 Å². The van der Waals surface area contributed by atoms with Crippen LogP contribution in [0.4, 0.5) is 13.2 Å². The van der Waals surface area contributed by atoms with Gasteiger partial charge in [-0.3, -0.25) is 0 Å². The summed E-state index contributed by atoms with van der Waals surface area (Å²) in [5.74, 6) is 0. The number of alkyl halides is 3. The van der Waals surface area contributed by atoms with Gasteiger partial charge in [0, 0.05) is 10.1 Å². The zero-order valence-electron chi connectivity index (χ0n) is 9.26. The van der Waals surface area contributed by atoms with Gasteiger partial charge in [0.25, 0.3) is 0 Å². The Kier molecular flexibility index (Phi) is 3.68. The van der Waals surface area contributed by atoms with Gasteiger partial charge in [0.15, 0.2) is 0 Å². The van der Waals surface area contributed by atoms with Crippen LogP contribution >= 0.6 is 11.8 Å². The van der Waals surface area contributed by atoms with Gasteiger partial charge >= 0.3 is 6.18 Å². The lowest BCUT2D eigenvalue weighted by atomic mass is 10.0. The van der Waals surface area contributed by atoms with Crippen molar-refractivity contribution in [2.75, 3.05) is 6.54 Å². The van der Waals surface area contributed by atoms with Crippen LogP contribution in [0.2, 0.25) is 0 Å². The highest BCUT2D eigenvalue weighted by atomic mass is 32.2. The molecule has 17 heavy (non-hydrogen) atoms. The molecule has 0 aromatic heterocycles. The van der Waals surface area contributed by atoms with Crippen molar-refractivity contribution in [1.82, 2.24) is 0 Å². The summed E-state index contributed by atoms with van der Waals surface area (Å²) in [6.07, 6.45) is -1.98. The second kappa shape index (κ2) is 4.90. The number of nitrogens with two attached hydrogens (primary N) is 1. The van der Waals surface area contributed by atoms with Crippen molar-refractivity contribution in [2.24, 2.45) is 5.73 Å². The van der Waals surface area contributed by atoms with E-state index in [2.05, 4.69) is 0 Å². The molecule has 5 heteroatoms. The van der Waals surface area contributed by atoms with E-state index in [1.54, 1.807) is 17.8 Å². The summed E-state index contributed by atoms with van der Waals surface area (Å²) < 4.78 is 38.4. The first-order chi connectivity index (χ1) is 8.02. The van der Waals surface area contributed by atoms with Crippen LogP contribution in [-0.4, -0.2) is 11.8 Å². The maximum absolute atomic E-state index is 12.8. The van der Waals surface area contributed by atoms with Gasteiger partial charge in [0.05, 0.1) is 5.56 Å². The lowest BCUT2D eigenvalue weighted by molar-refractivity contribution is -0.138. The topological polar surface area (TPSA) is 26.0 Å². The summed E-state index contributed by atoms with van der Waals surface area (Å²) in [4.78, 5) is 0.779. The van der Waals surface area contributed by atoms with Crippen LogP contribution in [0.1, 0.15) is 24.0 Å². The van der Waals surface area contributed by atoms with E-state index in [1.807, 2.05) is 0 Å². The van der Waals surface area contributed by atoms with E-state index in [4.69, 9.17) is 5.73 Å². The molecule has 1 aromatic carbocycles. The number of thioether (sulfide) groups is 1. The molecular formula is C12H14F3NS. The molecule has 0 saturated carbocycles. The van der Waals surface area contributed by atoms with E-state index in [0.717, 1.165) is 17.7 Å². The fourth-order valence-corrected chi connectivity index (χ4v) is 3.49. The molecule has 2 N–H and O–H groups in total. The van der Waals surface area contributed by atoms with Gasteiger partial charge in [-0.05, 0) is 43.5 Å². The zero-order chi connectivity index (χ0) is 12.5. The molecule has 1 unspecified atom stereocenters.